The number of imide groups is 1. The number of anilines is 1. The second-order valence-corrected chi connectivity index (χ2v) is 11.1. The Labute approximate surface area is 192 Å². The fourth-order valence-corrected chi connectivity index (χ4v) is 6.99. The minimum Gasteiger partial charge on any atom is -0.319 e. The highest BCUT2D eigenvalue weighted by Gasteiger charge is 2.54. The molecule has 2 saturated heterocycles. The standard InChI is InChI=1S/C24H25N3O5S/c28-21(27(18-9-2-1-3-10-18)19-12-14-33(31,32)16-19)15-26-22(29)24(25-23(26)30)13-6-8-17-7-4-5-11-20(17)24/h1-5,7,9-11,19H,6,8,12-16H2,(H,25,30)/t19-,24+/m0/s1. The zero-order valence-corrected chi connectivity index (χ0v) is 18.9. The molecule has 4 amide bonds. The SMILES string of the molecule is O=C1N[C@@]2(CCCc3ccccc32)C(=O)N1CC(=O)N(c1ccccc1)[C@H]1CCS(=O)(=O)C1. The van der Waals surface area contributed by atoms with Crippen LogP contribution in [0.1, 0.15) is 30.4 Å². The van der Waals surface area contributed by atoms with Gasteiger partial charge in [-0.05, 0) is 48.9 Å². The Morgan fingerprint density at radius 1 is 1.09 bits per heavy atom. The maximum atomic E-state index is 13.6. The van der Waals surface area contributed by atoms with E-state index in [0.29, 0.717) is 18.5 Å². The van der Waals surface area contributed by atoms with Gasteiger partial charge in [0.05, 0.1) is 17.5 Å². The minimum absolute atomic E-state index is 0.0112. The van der Waals surface area contributed by atoms with Crippen molar-refractivity contribution in [2.45, 2.75) is 37.3 Å². The predicted molar refractivity (Wildman–Crippen MR) is 122 cm³/mol. The summed E-state index contributed by atoms with van der Waals surface area (Å²) in [4.78, 5) is 42.3. The zero-order valence-electron chi connectivity index (χ0n) is 18.1. The van der Waals surface area contributed by atoms with Crippen LogP contribution in [-0.4, -0.2) is 55.3 Å². The molecule has 1 N–H and O–H groups in total. The lowest BCUT2D eigenvalue weighted by Gasteiger charge is -2.33. The van der Waals surface area contributed by atoms with E-state index >= 15 is 0 Å². The van der Waals surface area contributed by atoms with Crippen LogP contribution in [0.5, 0.6) is 0 Å². The largest absolute Gasteiger partial charge is 0.325 e. The lowest BCUT2D eigenvalue weighted by Crippen LogP contribution is -2.49. The topological polar surface area (TPSA) is 104 Å². The first kappa shape index (κ1) is 21.6. The minimum atomic E-state index is -3.24. The molecule has 0 saturated carbocycles. The highest BCUT2D eigenvalue weighted by molar-refractivity contribution is 7.91. The van der Waals surface area contributed by atoms with Crippen LogP contribution in [0.25, 0.3) is 0 Å². The van der Waals surface area contributed by atoms with E-state index in [2.05, 4.69) is 5.32 Å². The monoisotopic (exact) mass is 467 g/mol. The number of carbonyl (C=O) groups excluding carboxylic acids is 3. The number of nitrogens with zero attached hydrogens (tertiary/aromatic N) is 2. The second kappa shape index (κ2) is 7.98. The maximum absolute atomic E-state index is 13.6. The molecule has 2 aromatic rings. The summed E-state index contributed by atoms with van der Waals surface area (Å²) < 4.78 is 24.2. The molecule has 5 rings (SSSR count). The number of carbonyl (C=O) groups is 3. The van der Waals surface area contributed by atoms with Crippen molar-refractivity contribution in [1.82, 2.24) is 10.2 Å². The van der Waals surface area contributed by atoms with E-state index in [1.165, 1.54) is 4.90 Å². The van der Waals surface area contributed by atoms with Gasteiger partial charge in [0, 0.05) is 5.69 Å². The van der Waals surface area contributed by atoms with Gasteiger partial charge in [-0.2, -0.15) is 0 Å². The number of fused-ring (bicyclic) bond motifs is 2. The van der Waals surface area contributed by atoms with Crippen molar-refractivity contribution in [1.29, 1.82) is 0 Å². The third-order valence-corrected chi connectivity index (χ3v) is 8.57. The molecule has 2 fully saturated rings. The van der Waals surface area contributed by atoms with Gasteiger partial charge < -0.3 is 10.2 Å². The van der Waals surface area contributed by atoms with Crippen LogP contribution in [0.3, 0.4) is 0 Å². The Kier molecular flexibility index (Phi) is 5.23. The highest BCUT2D eigenvalue weighted by Crippen LogP contribution is 2.40. The predicted octanol–water partition coefficient (Wildman–Crippen LogP) is 1.99. The van der Waals surface area contributed by atoms with Crippen molar-refractivity contribution in [2.24, 2.45) is 0 Å². The molecule has 172 valence electrons. The Bertz CT molecular complexity index is 1230. The van der Waals surface area contributed by atoms with Crippen LogP contribution in [0, 0.1) is 0 Å². The molecule has 9 heteroatoms. The van der Waals surface area contributed by atoms with Gasteiger partial charge in [0.25, 0.3) is 5.91 Å². The molecule has 2 atom stereocenters. The molecule has 2 heterocycles. The summed E-state index contributed by atoms with van der Waals surface area (Å²) in [5.41, 5.74) is 1.20. The van der Waals surface area contributed by atoms with Crippen molar-refractivity contribution in [3.05, 3.63) is 65.7 Å². The third kappa shape index (κ3) is 3.70. The average Bonchev–Trinajstić information content (AvgIpc) is 3.27. The first-order valence-electron chi connectivity index (χ1n) is 11.1. The van der Waals surface area contributed by atoms with Gasteiger partial charge in [-0.25, -0.2) is 13.2 Å². The summed E-state index contributed by atoms with van der Waals surface area (Å²) in [6.45, 7) is -0.444. The molecule has 1 aliphatic carbocycles. The summed E-state index contributed by atoms with van der Waals surface area (Å²) in [7, 11) is -3.24. The van der Waals surface area contributed by atoms with Crippen LogP contribution in [-0.2, 0) is 31.4 Å². The third-order valence-electron chi connectivity index (χ3n) is 6.82. The van der Waals surface area contributed by atoms with Gasteiger partial charge in [0.2, 0.25) is 5.91 Å². The molecule has 2 aliphatic heterocycles. The van der Waals surface area contributed by atoms with Gasteiger partial charge in [-0.15, -0.1) is 0 Å². The maximum Gasteiger partial charge on any atom is 0.325 e. The number of urea groups is 1. The van der Waals surface area contributed by atoms with Gasteiger partial charge in [0.1, 0.15) is 12.1 Å². The van der Waals surface area contributed by atoms with Gasteiger partial charge in [-0.3, -0.25) is 14.5 Å². The summed E-state index contributed by atoms with van der Waals surface area (Å²) in [5.74, 6) is -1.03. The number of amides is 4. The number of aryl methyl sites for hydroxylation is 1. The molecule has 0 radical (unpaired) electrons. The summed E-state index contributed by atoms with van der Waals surface area (Å²) in [6.07, 6.45) is 2.38. The van der Waals surface area contributed by atoms with E-state index in [1.54, 1.807) is 30.3 Å². The quantitative estimate of drug-likeness (QED) is 0.693. The van der Waals surface area contributed by atoms with Crippen LogP contribution < -0.4 is 10.2 Å². The van der Waals surface area contributed by atoms with Crippen molar-refractivity contribution in [3.63, 3.8) is 0 Å². The molecule has 33 heavy (non-hydrogen) atoms. The molecule has 0 aromatic heterocycles. The van der Waals surface area contributed by atoms with E-state index in [0.717, 1.165) is 28.9 Å². The number of sulfone groups is 1. The van der Waals surface area contributed by atoms with Crippen LogP contribution in [0.2, 0.25) is 0 Å². The highest BCUT2D eigenvalue weighted by atomic mass is 32.2. The summed E-state index contributed by atoms with van der Waals surface area (Å²) in [6, 6.07) is 15.2. The molecule has 8 nitrogen and oxygen atoms in total. The molecular formula is C24H25N3O5S. The van der Waals surface area contributed by atoms with Crippen LogP contribution in [0.15, 0.2) is 54.6 Å². The van der Waals surface area contributed by atoms with Gasteiger partial charge in [-0.1, -0.05) is 42.5 Å². The smallest absolute Gasteiger partial charge is 0.319 e. The second-order valence-electron chi connectivity index (χ2n) is 8.89. The van der Waals surface area contributed by atoms with Crippen molar-refractivity contribution in [3.8, 4) is 0 Å². The number of nitrogens with one attached hydrogen (secondary N) is 1. The number of rotatable bonds is 4. The normalized spacial score (nSPS) is 25.7. The van der Waals surface area contributed by atoms with E-state index in [4.69, 9.17) is 0 Å². The zero-order chi connectivity index (χ0) is 23.2. The number of hydrogen-bond donors (Lipinski definition) is 1. The molecule has 2 aromatic carbocycles. The lowest BCUT2D eigenvalue weighted by atomic mass is 9.76. The van der Waals surface area contributed by atoms with Gasteiger partial charge >= 0.3 is 6.03 Å². The number of benzene rings is 2. The molecule has 0 unspecified atom stereocenters. The summed E-state index contributed by atoms with van der Waals surface area (Å²) in [5, 5.41) is 2.86. The van der Waals surface area contributed by atoms with E-state index < -0.39 is 45.8 Å². The van der Waals surface area contributed by atoms with E-state index in [9.17, 15) is 22.8 Å². The Balaban J connectivity index is 1.44. The van der Waals surface area contributed by atoms with Crippen LogP contribution >= 0.6 is 0 Å². The lowest BCUT2D eigenvalue weighted by molar-refractivity contribution is -0.135. The van der Waals surface area contributed by atoms with E-state index in [1.807, 2.05) is 24.3 Å². The number of para-hydroxylation sites is 1. The van der Waals surface area contributed by atoms with Crippen molar-refractivity contribution >= 4 is 33.4 Å². The molecular weight excluding hydrogens is 442 g/mol. The van der Waals surface area contributed by atoms with Crippen LogP contribution in [0.4, 0.5) is 10.5 Å². The van der Waals surface area contributed by atoms with Crippen molar-refractivity contribution in [2.75, 3.05) is 23.0 Å². The first-order valence-corrected chi connectivity index (χ1v) is 12.9. The van der Waals surface area contributed by atoms with E-state index in [-0.39, 0.29) is 11.5 Å². The average molecular weight is 468 g/mol. The Hall–Kier alpha value is -3.20. The summed E-state index contributed by atoms with van der Waals surface area (Å²) >= 11 is 0. The Morgan fingerprint density at radius 3 is 2.55 bits per heavy atom. The van der Waals surface area contributed by atoms with Crippen molar-refractivity contribution < 1.29 is 22.8 Å². The molecule has 3 aliphatic rings. The fraction of sp³-hybridized carbons (Fsp3) is 0.375. The number of hydrogen-bond acceptors (Lipinski definition) is 5. The fourth-order valence-electron chi connectivity index (χ4n) is 5.29. The molecule has 0 bridgehead atoms. The van der Waals surface area contributed by atoms with Gasteiger partial charge in [0.15, 0.2) is 9.84 Å². The first-order chi connectivity index (χ1) is 15.8. The Morgan fingerprint density at radius 2 is 1.82 bits per heavy atom. The molecule has 1 spiro atoms.